The topological polar surface area (TPSA) is 56.7 Å². The van der Waals surface area contributed by atoms with Crippen LogP contribution in [0.1, 0.15) is 5.82 Å². The number of aromatic nitrogens is 3. The summed E-state index contributed by atoms with van der Waals surface area (Å²) in [5, 5.41) is 7.92. The van der Waals surface area contributed by atoms with E-state index in [9.17, 15) is 4.39 Å². The average Bonchev–Trinajstić information content (AvgIpc) is 2.61. The summed E-state index contributed by atoms with van der Waals surface area (Å²) >= 11 is 0. The Morgan fingerprint density at radius 2 is 1.93 bits per heavy atom. The van der Waals surface area contributed by atoms with Gasteiger partial charge in [0.1, 0.15) is 11.6 Å². The minimum atomic E-state index is -0.264. The van der Waals surface area contributed by atoms with Crippen molar-refractivity contribution in [1.29, 1.82) is 0 Å². The molecule has 1 aromatic heterocycles. The Hall–Kier alpha value is -1.75. The first-order valence-corrected chi connectivity index (χ1v) is 4.56. The Kier molecular flexibility index (Phi) is 2.47. The van der Waals surface area contributed by atoms with Crippen LogP contribution in [-0.2, 0) is 13.6 Å². The molecule has 4 nitrogen and oxygen atoms in total. The van der Waals surface area contributed by atoms with E-state index in [2.05, 4.69) is 10.2 Å². The lowest BCUT2D eigenvalue weighted by molar-refractivity contribution is 0.628. The van der Waals surface area contributed by atoms with Gasteiger partial charge in [0.25, 0.3) is 0 Å². The highest BCUT2D eigenvalue weighted by atomic mass is 19.1. The molecule has 0 fully saturated rings. The van der Waals surface area contributed by atoms with Gasteiger partial charge in [-0.25, -0.2) is 4.39 Å². The predicted molar refractivity (Wildman–Crippen MR) is 54.3 cm³/mol. The minimum absolute atomic E-state index is 0.264. The van der Waals surface area contributed by atoms with Crippen molar-refractivity contribution in [2.24, 2.45) is 12.8 Å². The molecule has 0 unspecified atom stereocenters. The summed E-state index contributed by atoms with van der Waals surface area (Å²) in [5.74, 6) is 1.13. The fourth-order valence-corrected chi connectivity index (χ4v) is 1.39. The molecule has 1 heterocycles. The van der Waals surface area contributed by atoms with E-state index in [-0.39, 0.29) is 5.82 Å². The van der Waals surface area contributed by atoms with E-state index in [1.807, 2.05) is 7.05 Å². The first-order chi connectivity index (χ1) is 7.22. The molecule has 2 aromatic rings. The summed E-state index contributed by atoms with van der Waals surface area (Å²) in [7, 11) is 1.83. The first-order valence-electron chi connectivity index (χ1n) is 4.56. The van der Waals surface area contributed by atoms with Crippen molar-refractivity contribution in [3.8, 4) is 11.4 Å². The van der Waals surface area contributed by atoms with Gasteiger partial charge in [-0.15, -0.1) is 10.2 Å². The maximum Gasteiger partial charge on any atom is 0.163 e. The average molecular weight is 206 g/mol. The third-order valence-electron chi connectivity index (χ3n) is 2.25. The van der Waals surface area contributed by atoms with Crippen LogP contribution in [0, 0.1) is 5.82 Å². The van der Waals surface area contributed by atoms with E-state index in [4.69, 9.17) is 5.73 Å². The van der Waals surface area contributed by atoms with Gasteiger partial charge in [0.15, 0.2) is 5.82 Å². The SMILES string of the molecule is Cn1c(CN)nnc1-c1ccc(F)cc1. The Labute approximate surface area is 86.6 Å². The van der Waals surface area contributed by atoms with Crippen molar-refractivity contribution in [3.05, 3.63) is 35.9 Å². The van der Waals surface area contributed by atoms with E-state index in [0.29, 0.717) is 18.2 Å². The number of nitrogens with two attached hydrogens (primary N) is 1. The molecule has 0 aliphatic carbocycles. The lowest BCUT2D eigenvalue weighted by Crippen LogP contribution is -2.05. The molecule has 0 bridgehead atoms. The van der Waals surface area contributed by atoms with Crippen molar-refractivity contribution in [2.75, 3.05) is 0 Å². The van der Waals surface area contributed by atoms with Crippen LogP contribution in [0.2, 0.25) is 0 Å². The van der Waals surface area contributed by atoms with Crippen molar-refractivity contribution < 1.29 is 4.39 Å². The summed E-state index contributed by atoms with van der Waals surface area (Å²) in [6.07, 6.45) is 0. The second-order valence-corrected chi connectivity index (χ2v) is 3.21. The van der Waals surface area contributed by atoms with Gasteiger partial charge in [0.2, 0.25) is 0 Å². The maximum absolute atomic E-state index is 12.7. The van der Waals surface area contributed by atoms with E-state index in [1.165, 1.54) is 12.1 Å². The molecule has 0 atom stereocenters. The van der Waals surface area contributed by atoms with Crippen LogP contribution >= 0.6 is 0 Å². The largest absolute Gasteiger partial charge is 0.324 e. The monoisotopic (exact) mass is 206 g/mol. The molecule has 0 amide bonds. The molecule has 0 aliphatic rings. The van der Waals surface area contributed by atoms with Crippen molar-refractivity contribution in [3.63, 3.8) is 0 Å². The minimum Gasteiger partial charge on any atom is -0.324 e. The van der Waals surface area contributed by atoms with Crippen LogP contribution in [0.15, 0.2) is 24.3 Å². The molecule has 2 N–H and O–H groups in total. The summed E-state index contributed by atoms with van der Waals surface area (Å²) in [5.41, 5.74) is 6.31. The van der Waals surface area contributed by atoms with E-state index >= 15 is 0 Å². The molecule has 15 heavy (non-hydrogen) atoms. The Morgan fingerprint density at radius 1 is 1.27 bits per heavy atom. The van der Waals surface area contributed by atoms with Gasteiger partial charge in [-0.05, 0) is 24.3 Å². The fraction of sp³-hybridized carbons (Fsp3) is 0.200. The number of nitrogens with zero attached hydrogens (tertiary/aromatic N) is 3. The van der Waals surface area contributed by atoms with Crippen LogP contribution < -0.4 is 5.73 Å². The van der Waals surface area contributed by atoms with Gasteiger partial charge in [0.05, 0.1) is 6.54 Å². The standard InChI is InChI=1S/C10H11FN4/c1-15-9(6-12)13-14-10(15)7-2-4-8(11)5-3-7/h2-5H,6,12H2,1H3. The third-order valence-corrected chi connectivity index (χ3v) is 2.25. The number of rotatable bonds is 2. The van der Waals surface area contributed by atoms with Gasteiger partial charge >= 0.3 is 0 Å². The molecule has 0 aliphatic heterocycles. The fourth-order valence-electron chi connectivity index (χ4n) is 1.39. The molecule has 78 valence electrons. The third kappa shape index (κ3) is 1.73. The lowest BCUT2D eigenvalue weighted by atomic mass is 10.2. The summed E-state index contributed by atoms with van der Waals surface area (Å²) in [6, 6.07) is 6.12. The smallest absolute Gasteiger partial charge is 0.163 e. The predicted octanol–water partition coefficient (Wildman–Crippen LogP) is 1.08. The van der Waals surface area contributed by atoms with E-state index in [1.54, 1.807) is 16.7 Å². The zero-order valence-corrected chi connectivity index (χ0v) is 8.31. The van der Waals surface area contributed by atoms with Crippen molar-refractivity contribution in [1.82, 2.24) is 14.8 Å². The highest BCUT2D eigenvalue weighted by molar-refractivity contribution is 5.54. The molecular weight excluding hydrogens is 195 g/mol. The molecular formula is C10H11FN4. The van der Waals surface area contributed by atoms with Crippen molar-refractivity contribution in [2.45, 2.75) is 6.54 Å². The van der Waals surface area contributed by atoms with Crippen LogP contribution in [-0.4, -0.2) is 14.8 Å². The number of halogens is 1. The van der Waals surface area contributed by atoms with Gasteiger partial charge in [-0.3, -0.25) is 0 Å². The molecule has 0 radical (unpaired) electrons. The number of hydrogen-bond acceptors (Lipinski definition) is 3. The maximum atomic E-state index is 12.7. The van der Waals surface area contributed by atoms with Crippen molar-refractivity contribution >= 4 is 0 Å². The second kappa shape index (κ2) is 3.78. The molecule has 5 heteroatoms. The summed E-state index contributed by atoms with van der Waals surface area (Å²) in [4.78, 5) is 0. The molecule has 1 aromatic carbocycles. The first kappa shape index (κ1) is 9.79. The van der Waals surface area contributed by atoms with Crippen LogP contribution in [0.25, 0.3) is 11.4 Å². The highest BCUT2D eigenvalue weighted by Crippen LogP contribution is 2.17. The van der Waals surface area contributed by atoms with Crippen LogP contribution in [0.4, 0.5) is 4.39 Å². The van der Waals surface area contributed by atoms with E-state index in [0.717, 1.165) is 5.56 Å². The van der Waals surface area contributed by atoms with Gasteiger partial charge in [-0.2, -0.15) is 0 Å². The number of benzene rings is 1. The summed E-state index contributed by atoms with van der Waals surface area (Å²) < 4.78 is 14.5. The Balaban J connectivity index is 2.45. The Bertz CT molecular complexity index is 461. The molecule has 2 rings (SSSR count). The molecule has 0 saturated carbocycles. The zero-order valence-electron chi connectivity index (χ0n) is 8.31. The van der Waals surface area contributed by atoms with Gasteiger partial charge in [-0.1, -0.05) is 0 Å². The number of hydrogen-bond donors (Lipinski definition) is 1. The Morgan fingerprint density at radius 3 is 2.47 bits per heavy atom. The van der Waals surface area contributed by atoms with Gasteiger partial charge < -0.3 is 10.3 Å². The highest BCUT2D eigenvalue weighted by Gasteiger charge is 2.08. The molecule has 0 saturated heterocycles. The zero-order chi connectivity index (χ0) is 10.8. The summed E-state index contributed by atoms with van der Waals surface area (Å²) in [6.45, 7) is 0.338. The van der Waals surface area contributed by atoms with Crippen LogP contribution in [0.5, 0.6) is 0 Å². The van der Waals surface area contributed by atoms with Gasteiger partial charge in [0, 0.05) is 12.6 Å². The second-order valence-electron chi connectivity index (χ2n) is 3.21. The lowest BCUT2D eigenvalue weighted by Gasteiger charge is -2.01. The molecule has 0 spiro atoms. The normalized spacial score (nSPS) is 10.6. The van der Waals surface area contributed by atoms with Crippen LogP contribution in [0.3, 0.4) is 0 Å². The quantitative estimate of drug-likeness (QED) is 0.799. The van der Waals surface area contributed by atoms with E-state index < -0.39 is 0 Å².